The van der Waals surface area contributed by atoms with Crippen LogP contribution in [0.25, 0.3) is 6.08 Å². The highest BCUT2D eigenvalue weighted by atomic mass is 16.7. The summed E-state index contributed by atoms with van der Waals surface area (Å²) in [5, 5.41) is 0. The summed E-state index contributed by atoms with van der Waals surface area (Å²) >= 11 is 0. The second kappa shape index (κ2) is 3.62. The van der Waals surface area contributed by atoms with E-state index in [0.717, 1.165) is 22.8 Å². The first-order valence-corrected chi connectivity index (χ1v) is 4.45. The van der Waals surface area contributed by atoms with E-state index in [9.17, 15) is 0 Å². The fourth-order valence-corrected chi connectivity index (χ4v) is 1.43. The van der Waals surface area contributed by atoms with E-state index in [1.165, 1.54) is 0 Å². The third kappa shape index (κ3) is 1.41. The Kier molecular flexibility index (Phi) is 2.31. The molecule has 14 heavy (non-hydrogen) atoms. The number of ether oxygens (including phenoxy) is 3. The van der Waals surface area contributed by atoms with Gasteiger partial charge >= 0.3 is 0 Å². The Morgan fingerprint density at radius 1 is 1.29 bits per heavy atom. The average molecular weight is 192 g/mol. The summed E-state index contributed by atoms with van der Waals surface area (Å²) in [4.78, 5) is 0. The van der Waals surface area contributed by atoms with Crippen LogP contribution in [0.5, 0.6) is 17.2 Å². The Morgan fingerprint density at radius 3 is 2.64 bits per heavy atom. The van der Waals surface area contributed by atoms with Gasteiger partial charge < -0.3 is 14.2 Å². The summed E-state index contributed by atoms with van der Waals surface area (Å²) in [7, 11) is 1.64. The molecule has 0 saturated heterocycles. The molecule has 0 atom stereocenters. The van der Waals surface area contributed by atoms with Crippen molar-refractivity contribution in [2.75, 3.05) is 13.9 Å². The highest BCUT2D eigenvalue weighted by Crippen LogP contribution is 2.38. The van der Waals surface area contributed by atoms with E-state index in [4.69, 9.17) is 14.2 Å². The minimum atomic E-state index is 0.289. The van der Waals surface area contributed by atoms with Crippen molar-refractivity contribution in [3.8, 4) is 17.2 Å². The van der Waals surface area contributed by atoms with E-state index in [0.29, 0.717) is 0 Å². The molecule has 0 bridgehead atoms. The smallest absolute Gasteiger partial charge is 0.231 e. The van der Waals surface area contributed by atoms with Gasteiger partial charge in [0.15, 0.2) is 11.5 Å². The predicted octanol–water partition coefficient (Wildman–Crippen LogP) is 2.46. The van der Waals surface area contributed by atoms with Crippen molar-refractivity contribution in [1.29, 1.82) is 0 Å². The molecule has 0 radical (unpaired) electrons. The molecule has 0 N–H and O–H groups in total. The van der Waals surface area contributed by atoms with Gasteiger partial charge in [-0.3, -0.25) is 0 Å². The van der Waals surface area contributed by atoms with E-state index in [2.05, 4.69) is 0 Å². The summed E-state index contributed by atoms with van der Waals surface area (Å²) < 4.78 is 15.8. The van der Waals surface area contributed by atoms with Gasteiger partial charge in [-0.25, -0.2) is 0 Å². The lowest BCUT2D eigenvalue weighted by atomic mass is 10.1. The maximum absolute atomic E-state index is 5.27. The van der Waals surface area contributed by atoms with Crippen molar-refractivity contribution in [2.45, 2.75) is 6.92 Å². The number of fused-ring (bicyclic) bond motifs is 1. The van der Waals surface area contributed by atoms with Crippen molar-refractivity contribution in [1.82, 2.24) is 0 Å². The van der Waals surface area contributed by atoms with Gasteiger partial charge in [-0.15, -0.1) is 0 Å². The van der Waals surface area contributed by atoms with Crippen molar-refractivity contribution in [3.63, 3.8) is 0 Å². The van der Waals surface area contributed by atoms with Crippen LogP contribution in [0.1, 0.15) is 12.5 Å². The highest BCUT2D eigenvalue weighted by molar-refractivity contribution is 5.63. The summed E-state index contributed by atoms with van der Waals surface area (Å²) in [5.74, 6) is 2.32. The van der Waals surface area contributed by atoms with Crippen LogP contribution in [-0.2, 0) is 0 Å². The van der Waals surface area contributed by atoms with Gasteiger partial charge in [0, 0.05) is 11.6 Å². The van der Waals surface area contributed by atoms with Gasteiger partial charge in [0.05, 0.1) is 7.11 Å². The largest absolute Gasteiger partial charge is 0.496 e. The lowest BCUT2D eigenvalue weighted by Gasteiger charge is -2.05. The third-order valence-electron chi connectivity index (χ3n) is 2.07. The number of rotatable bonds is 2. The van der Waals surface area contributed by atoms with E-state index in [1.807, 2.05) is 31.2 Å². The first-order chi connectivity index (χ1) is 6.85. The summed E-state index contributed by atoms with van der Waals surface area (Å²) in [6.45, 7) is 2.25. The van der Waals surface area contributed by atoms with Gasteiger partial charge in [-0.05, 0) is 13.0 Å². The molecule has 0 amide bonds. The first kappa shape index (κ1) is 8.94. The van der Waals surface area contributed by atoms with Crippen molar-refractivity contribution < 1.29 is 14.2 Å². The molecule has 0 aliphatic carbocycles. The second-order valence-corrected chi connectivity index (χ2v) is 2.95. The molecule has 0 spiro atoms. The summed E-state index contributed by atoms with van der Waals surface area (Å²) in [6.07, 6.45) is 3.93. The molecular formula is C11H12O3. The van der Waals surface area contributed by atoms with Crippen LogP contribution >= 0.6 is 0 Å². The van der Waals surface area contributed by atoms with Gasteiger partial charge in [0.2, 0.25) is 6.79 Å². The zero-order valence-electron chi connectivity index (χ0n) is 8.24. The zero-order chi connectivity index (χ0) is 9.97. The first-order valence-electron chi connectivity index (χ1n) is 4.45. The molecule has 1 aliphatic heterocycles. The normalized spacial score (nSPS) is 13.6. The van der Waals surface area contributed by atoms with Crippen molar-refractivity contribution in [2.24, 2.45) is 0 Å². The fraction of sp³-hybridized carbons (Fsp3) is 0.273. The Labute approximate surface area is 82.9 Å². The molecule has 0 unspecified atom stereocenters. The van der Waals surface area contributed by atoms with Crippen LogP contribution in [-0.4, -0.2) is 13.9 Å². The van der Waals surface area contributed by atoms with E-state index in [-0.39, 0.29) is 6.79 Å². The molecule has 1 aliphatic rings. The molecule has 0 fully saturated rings. The van der Waals surface area contributed by atoms with Gasteiger partial charge in [0.25, 0.3) is 0 Å². The highest BCUT2D eigenvalue weighted by Gasteiger charge is 2.16. The molecule has 3 nitrogen and oxygen atoms in total. The van der Waals surface area contributed by atoms with Crippen molar-refractivity contribution >= 4 is 6.08 Å². The SMILES string of the molecule is CC=Cc1cc2c(cc1OC)OCO2. The lowest BCUT2D eigenvalue weighted by Crippen LogP contribution is -1.92. The molecule has 2 rings (SSSR count). The van der Waals surface area contributed by atoms with E-state index < -0.39 is 0 Å². The number of benzene rings is 1. The Bertz CT molecular complexity index is 369. The third-order valence-corrected chi connectivity index (χ3v) is 2.07. The molecule has 1 heterocycles. The molecule has 1 aromatic carbocycles. The number of methoxy groups -OCH3 is 1. The Morgan fingerprint density at radius 2 is 2.00 bits per heavy atom. The minimum absolute atomic E-state index is 0.289. The van der Waals surface area contributed by atoms with Crippen molar-refractivity contribution in [3.05, 3.63) is 23.8 Å². The monoisotopic (exact) mass is 192 g/mol. The zero-order valence-corrected chi connectivity index (χ0v) is 8.24. The van der Waals surface area contributed by atoms with Gasteiger partial charge in [0.1, 0.15) is 5.75 Å². The fourth-order valence-electron chi connectivity index (χ4n) is 1.43. The predicted molar refractivity (Wildman–Crippen MR) is 53.8 cm³/mol. The van der Waals surface area contributed by atoms with E-state index >= 15 is 0 Å². The maximum Gasteiger partial charge on any atom is 0.231 e. The van der Waals surface area contributed by atoms with Crippen LogP contribution in [0.2, 0.25) is 0 Å². The van der Waals surface area contributed by atoms with Crippen LogP contribution < -0.4 is 14.2 Å². The summed E-state index contributed by atoms with van der Waals surface area (Å²) in [5.41, 5.74) is 0.999. The molecular weight excluding hydrogens is 180 g/mol. The molecule has 0 saturated carbocycles. The van der Waals surface area contributed by atoms with Gasteiger partial charge in [-0.1, -0.05) is 12.2 Å². The molecule has 1 aromatic rings. The van der Waals surface area contributed by atoms with Gasteiger partial charge in [-0.2, -0.15) is 0 Å². The van der Waals surface area contributed by atoms with Crippen LogP contribution in [0.15, 0.2) is 18.2 Å². The quantitative estimate of drug-likeness (QED) is 0.720. The van der Waals surface area contributed by atoms with E-state index in [1.54, 1.807) is 7.11 Å². The summed E-state index contributed by atoms with van der Waals surface area (Å²) in [6, 6.07) is 3.76. The Hall–Kier alpha value is -1.64. The number of hydrogen-bond acceptors (Lipinski definition) is 3. The average Bonchev–Trinajstić information content (AvgIpc) is 2.64. The second-order valence-electron chi connectivity index (χ2n) is 2.95. The molecule has 0 aromatic heterocycles. The van der Waals surface area contributed by atoms with Crippen LogP contribution in [0, 0.1) is 0 Å². The maximum atomic E-state index is 5.27. The topological polar surface area (TPSA) is 27.7 Å². The Balaban J connectivity index is 2.48. The lowest BCUT2D eigenvalue weighted by molar-refractivity contribution is 0.174. The minimum Gasteiger partial charge on any atom is -0.496 e. The molecule has 74 valence electrons. The number of hydrogen-bond donors (Lipinski definition) is 0. The number of allylic oxidation sites excluding steroid dienone is 1. The molecule has 3 heteroatoms. The van der Waals surface area contributed by atoms with Crippen LogP contribution in [0.4, 0.5) is 0 Å². The standard InChI is InChI=1S/C11H12O3/c1-3-4-8-5-10-11(14-7-13-10)6-9(8)12-2/h3-6H,7H2,1-2H3. The van der Waals surface area contributed by atoms with Crippen LogP contribution in [0.3, 0.4) is 0 Å².